The zero-order chi connectivity index (χ0) is 15.9. The molecule has 1 heterocycles. The van der Waals surface area contributed by atoms with E-state index in [-0.39, 0.29) is 24.0 Å². The lowest BCUT2D eigenvalue weighted by molar-refractivity contribution is 0.567. The molecule has 0 aliphatic carbocycles. The van der Waals surface area contributed by atoms with Crippen molar-refractivity contribution in [3.05, 3.63) is 52.0 Å². The Morgan fingerprint density at radius 3 is 2.57 bits per heavy atom. The summed E-state index contributed by atoms with van der Waals surface area (Å²) in [5, 5.41) is 6.71. The van der Waals surface area contributed by atoms with Crippen LogP contribution < -0.4 is 5.32 Å². The van der Waals surface area contributed by atoms with E-state index in [2.05, 4.69) is 39.7 Å². The van der Waals surface area contributed by atoms with Gasteiger partial charge in [-0.15, -0.1) is 35.3 Å². The van der Waals surface area contributed by atoms with Gasteiger partial charge in [0, 0.05) is 37.6 Å². The van der Waals surface area contributed by atoms with E-state index >= 15 is 0 Å². The largest absolute Gasteiger partial charge is 0.356 e. The van der Waals surface area contributed by atoms with Gasteiger partial charge in [0.25, 0.3) is 0 Å². The van der Waals surface area contributed by atoms with Crippen molar-refractivity contribution in [1.82, 2.24) is 15.2 Å². The quantitative estimate of drug-likeness (QED) is 0.432. The Kier molecular flexibility index (Phi) is 8.54. The lowest BCUT2D eigenvalue weighted by Crippen LogP contribution is -2.38. The number of aromatic nitrogens is 1. The van der Waals surface area contributed by atoms with E-state index in [1.54, 1.807) is 11.3 Å². The number of nitrogens with one attached hydrogen (secondary N) is 1. The van der Waals surface area contributed by atoms with Gasteiger partial charge in [-0.25, -0.2) is 9.98 Å². The predicted molar refractivity (Wildman–Crippen MR) is 110 cm³/mol. The first kappa shape index (κ1) is 19.9. The SMILES string of the molecule is Cc1csc(C(C)CNC(=NCc2ccccc2)N(C)C)n1.I. The van der Waals surface area contributed by atoms with Gasteiger partial charge in [-0.1, -0.05) is 37.3 Å². The fourth-order valence-electron chi connectivity index (χ4n) is 2.04. The molecule has 23 heavy (non-hydrogen) atoms. The molecule has 0 bridgehead atoms. The molecular formula is C17H25IN4S. The molecule has 1 atom stereocenters. The van der Waals surface area contributed by atoms with Crippen molar-refractivity contribution in [3.63, 3.8) is 0 Å². The van der Waals surface area contributed by atoms with Gasteiger partial charge in [0.2, 0.25) is 0 Å². The maximum absolute atomic E-state index is 4.68. The van der Waals surface area contributed by atoms with Crippen molar-refractivity contribution in [2.45, 2.75) is 26.3 Å². The number of aliphatic imine (C=N–C) groups is 1. The third-order valence-corrected chi connectivity index (χ3v) is 4.50. The smallest absolute Gasteiger partial charge is 0.193 e. The molecule has 0 radical (unpaired) electrons. The van der Waals surface area contributed by atoms with E-state index in [4.69, 9.17) is 0 Å². The van der Waals surface area contributed by atoms with Crippen LogP contribution in [0.5, 0.6) is 0 Å². The van der Waals surface area contributed by atoms with Crippen molar-refractivity contribution < 1.29 is 0 Å². The van der Waals surface area contributed by atoms with Gasteiger partial charge in [0.05, 0.1) is 11.6 Å². The van der Waals surface area contributed by atoms with Crippen LogP contribution in [-0.2, 0) is 6.54 Å². The minimum Gasteiger partial charge on any atom is -0.356 e. The van der Waals surface area contributed by atoms with Crippen molar-refractivity contribution in [2.24, 2.45) is 4.99 Å². The molecule has 1 aromatic carbocycles. The third kappa shape index (κ3) is 6.47. The lowest BCUT2D eigenvalue weighted by atomic mass is 10.2. The molecule has 2 aromatic rings. The van der Waals surface area contributed by atoms with Gasteiger partial charge >= 0.3 is 0 Å². The van der Waals surface area contributed by atoms with Gasteiger partial charge in [-0.05, 0) is 12.5 Å². The molecular weight excluding hydrogens is 419 g/mol. The Labute approximate surface area is 160 Å². The van der Waals surface area contributed by atoms with E-state index in [1.807, 2.05) is 44.1 Å². The second kappa shape index (κ2) is 9.87. The number of rotatable bonds is 5. The van der Waals surface area contributed by atoms with Crippen LogP contribution in [0.25, 0.3) is 0 Å². The minimum atomic E-state index is 0. The van der Waals surface area contributed by atoms with Crippen molar-refractivity contribution in [1.29, 1.82) is 0 Å². The van der Waals surface area contributed by atoms with Gasteiger partial charge in [-0.2, -0.15) is 0 Å². The summed E-state index contributed by atoms with van der Waals surface area (Å²) in [6.45, 7) is 5.74. The molecule has 0 spiro atoms. The minimum absolute atomic E-state index is 0. The number of thiazole rings is 1. The maximum Gasteiger partial charge on any atom is 0.193 e. The summed E-state index contributed by atoms with van der Waals surface area (Å²) in [6.07, 6.45) is 0. The van der Waals surface area contributed by atoms with Gasteiger partial charge < -0.3 is 10.2 Å². The van der Waals surface area contributed by atoms with Crippen LogP contribution in [0.2, 0.25) is 0 Å². The average Bonchev–Trinajstić information content (AvgIpc) is 2.94. The van der Waals surface area contributed by atoms with Gasteiger partial charge in [-0.3, -0.25) is 0 Å². The molecule has 1 unspecified atom stereocenters. The van der Waals surface area contributed by atoms with Crippen LogP contribution in [0.15, 0.2) is 40.7 Å². The van der Waals surface area contributed by atoms with Crippen molar-refractivity contribution in [2.75, 3.05) is 20.6 Å². The van der Waals surface area contributed by atoms with Crippen molar-refractivity contribution in [3.8, 4) is 0 Å². The molecule has 0 aliphatic heterocycles. The average molecular weight is 444 g/mol. The second-order valence-electron chi connectivity index (χ2n) is 5.63. The monoisotopic (exact) mass is 444 g/mol. The van der Waals surface area contributed by atoms with E-state index in [9.17, 15) is 0 Å². The highest BCUT2D eigenvalue weighted by atomic mass is 127. The summed E-state index contributed by atoms with van der Waals surface area (Å²) in [6, 6.07) is 10.3. The number of nitrogens with zero attached hydrogens (tertiary/aromatic N) is 3. The Morgan fingerprint density at radius 1 is 1.30 bits per heavy atom. The van der Waals surface area contributed by atoms with E-state index < -0.39 is 0 Å². The zero-order valence-corrected chi connectivity index (χ0v) is 17.3. The number of halogens is 1. The van der Waals surface area contributed by atoms with Crippen LogP contribution in [0.1, 0.15) is 29.1 Å². The van der Waals surface area contributed by atoms with Gasteiger partial charge in [0.15, 0.2) is 5.96 Å². The highest BCUT2D eigenvalue weighted by molar-refractivity contribution is 14.0. The first-order valence-corrected chi connectivity index (χ1v) is 8.36. The Balaban J connectivity index is 0.00000264. The number of aryl methyl sites for hydroxylation is 1. The molecule has 126 valence electrons. The standard InChI is InChI=1S/C17H24N4S.HI/c1-13(16-20-14(2)12-22-16)10-18-17(21(3)4)19-11-15-8-6-5-7-9-15;/h5-9,12-13H,10-11H2,1-4H3,(H,18,19);1H. The first-order chi connectivity index (χ1) is 10.6. The van der Waals surface area contributed by atoms with E-state index in [1.165, 1.54) is 10.6 Å². The molecule has 4 nitrogen and oxygen atoms in total. The molecule has 0 fully saturated rings. The van der Waals surface area contributed by atoms with Crippen LogP contribution in [0.4, 0.5) is 0 Å². The molecule has 0 saturated heterocycles. The topological polar surface area (TPSA) is 40.5 Å². The number of hydrogen-bond acceptors (Lipinski definition) is 3. The fraction of sp³-hybridized carbons (Fsp3) is 0.412. The molecule has 6 heteroatoms. The highest BCUT2D eigenvalue weighted by Gasteiger charge is 2.11. The summed E-state index contributed by atoms with van der Waals surface area (Å²) in [4.78, 5) is 11.2. The van der Waals surface area contributed by atoms with Crippen LogP contribution >= 0.6 is 35.3 Å². The molecule has 0 aliphatic rings. The Morgan fingerprint density at radius 2 is 2.00 bits per heavy atom. The normalized spacial score (nSPS) is 12.4. The number of guanidine groups is 1. The van der Waals surface area contributed by atoms with E-state index in [0.717, 1.165) is 18.2 Å². The maximum atomic E-state index is 4.68. The number of hydrogen-bond donors (Lipinski definition) is 1. The van der Waals surface area contributed by atoms with Crippen LogP contribution in [-0.4, -0.2) is 36.5 Å². The highest BCUT2D eigenvalue weighted by Crippen LogP contribution is 2.18. The molecule has 1 N–H and O–H groups in total. The van der Waals surface area contributed by atoms with Gasteiger partial charge in [0.1, 0.15) is 0 Å². The zero-order valence-electron chi connectivity index (χ0n) is 14.1. The van der Waals surface area contributed by atoms with Crippen LogP contribution in [0, 0.1) is 6.92 Å². The van der Waals surface area contributed by atoms with Crippen LogP contribution in [0.3, 0.4) is 0 Å². The van der Waals surface area contributed by atoms with E-state index in [0.29, 0.717) is 12.5 Å². The lowest BCUT2D eigenvalue weighted by Gasteiger charge is -2.19. The molecule has 0 saturated carbocycles. The van der Waals surface area contributed by atoms with Crippen molar-refractivity contribution >= 4 is 41.3 Å². The summed E-state index contributed by atoms with van der Waals surface area (Å²) in [5.41, 5.74) is 2.31. The summed E-state index contributed by atoms with van der Waals surface area (Å²) < 4.78 is 0. The molecule has 1 aromatic heterocycles. The summed E-state index contributed by atoms with van der Waals surface area (Å²) >= 11 is 1.72. The summed E-state index contributed by atoms with van der Waals surface area (Å²) in [7, 11) is 4.02. The Bertz CT molecular complexity index is 610. The number of benzene rings is 1. The Hall–Kier alpha value is -1.15. The molecule has 0 amide bonds. The second-order valence-corrected chi connectivity index (χ2v) is 6.52. The fourth-order valence-corrected chi connectivity index (χ4v) is 2.89. The predicted octanol–water partition coefficient (Wildman–Crippen LogP) is 3.88. The third-order valence-electron chi connectivity index (χ3n) is 3.30. The summed E-state index contributed by atoms with van der Waals surface area (Å²) in [5.74, 6) is 1.28. The first-order valence-electron chi connectivity index (χ1n) is 7.48. The molecule has 2 rings (SSSR count).